The van der Waals surface area contributed by atoms with Crippen LogP contribution in [0.1, 0.15) is 95.1 Å². The molecule has 1 aromatic heterocycles. The molecule has 31 heavy (non-hydrogen) atoms. The van der Waals surface area contributed by atoms with Crippen LogP contribution in [0.2, 0.25) is 0 Å². The molecule has 0 amide bonds. The quantitative estimate of drug-likeness (QED) is 0.197. The van der Waals surface area contributed by atoms with E-state index in [0.717, 1.165) is 46.9 Å². The molecule has 2 aromatic carbocycles. The summed E-state index contributed by atoms with van der Waals surface area (Å²) in [5.41, 5.74) is 2.41. The Hall–Kier alpha value is -1.74. The van der Waals surface area contributed by atoms with Crippen LogP contribution < -0.4 is 0 Å². The van der Waals surface area contributed by atoms with Crippen molar-refractivity contribution in [3.8, 4) is 0 Å². The fourth-order valence-electron chi connectivity index (χ4n) is 5.16. The predicted molar refractivity (Wildman–Crippen MR) is 132 cm³/mol. The van der Waals surface area contributed by atoms with Crippen LogP contribution in [-0.4, -0.2) is 0 Å². The first-order valence-corrected chi connectivity index (χ1v) is 12.7. The average Bonchev–Trinajstić information content (AvgIpc) is 2.78. The van der Waals surface area contributed by atoms with E-state index in [-0.39, 0.29) is 5.82 Å². The Kier molecular flexibility index (Phi) is 7.43. The van der Waals surface area contributed by atoms with Gasteiger partial charge in [0, 0.05) is 10.8 Å². The van der Waals surface area contributed by atoms with Crippen LogP contribution in [0, 0.1) is 16.4 Å². The van der Waals surface area contributed by atoms with Crippen molar-refractivity contribution in [3.05, 3.63) is 52.0 Å². The predicted octanol–water partition coefficient (Wildman–Crippen LogP) is 9.65. The molecule has 1 heterocycles. The van der Waals surface area contributed by atoms with E-state index in [1.54, 1.807) is 0 Å². The van der Waals surface area contributed by atoms with Gasteiger partial charge in [0.25, 0.3) is 0 Å². The first kappa shape index (κ1) is 22.5. The van der Waals surface area contributed by atoms with E-state index in [1.165, 1.54) is 56.9 Å². The van der Waals surface area contributed by atoms with Gasteiger partial charge in [0.2, 0.25) is 0 Å². The monoisotopic (exact) mass is 438 g/mol. The summed E-state index contributed by atoms with van der Waals surface area (Å²) in [6.45, 7) is 4.57. The first-order valence-electron chi connectivity index (χ1n) is 12.3. The van der Waals surface area contributed by atoms with Crippen LogP contribution in [0.25, 0.3) is 21.7 Å². The van der Waals surface area contributed by atoms with Crippen molar-refractivity contribution in [3.63, 3.8) is 0 Å². The summed E-state index contributed by atoms with van der Waals surface area (Å²) in [5, 5.41) is 2.78. The van der Waals surface area contributed by atoms with Crippen molar-refractivity contribution in [1.29, 1.82) is 0 Å². The zero-order chi connectivity index (χ0) is 21.8. The van der Waals surface area contributed by atoms with Gasteiger partial charge in [-0.2, -0.15) is 0 Å². The topological polar surface area (TPSA) is 13.1 Å². The lowest BCUT2D eigenvalue weighted by atomic mass is 9.79. The van der Waals surface area contributed by atoms with Crippen molar-refractivity contribution >= 4 is 34.0 Å². The Labute approximate surface area is 191 Å². The van der Waals surface area contributed by atoms with Gasteiger partial charge in [0.05, 0.1) is 0 Å². The molecule has 4 rings (SSSR count). The average molecular weight is 439 g/mol. The minimum Gasteiger partial charge on any atom is -0.441 e. The van der Waals surface area contributed by atoms with Crippen molar-refractivity contribution in [1.82, 2.24) is 0 Å². The second-order valence-corrected chi connectivity index (χ2v) is 9.96. The zero-order valence-electron chi connectivity index (χ0n) is 19.0. The van der Waals surface area contributed by atoms with Gasteiger partial charge in [-0.05, 0) is 72.3 Å². The van der Waals surface area contributed by atoms with Gasteiger partial charge < -0.3 is 4.42 Å². The molecule has 1 aliphatic carbocycles. The molecule has 0 atom stereocenters. The molecule has 0 bridgehead atoms. The third kappa shape index (κ3) is 5.03. The molecular formula is C28H35FOS. The number of hydrogen-bond donors (Lipinski definition) is 0. The largest absolute Gasteiger partial charge is 0.441 e. The number of aryl methyl sites for hydroxylation is 1. The van der Waals surface area contributed by atoms with Gasteiger partial charge in [-0.25, -0.2) is 4.39 Å². The highest BCUT2D eigenvalue weighted by molar-refractivity contribution is 7.71. The van der Waals surface area contributed by atoms with Gasteiger partial charge in [-0.1, -0.05) is 83.1 Å². The van der Waals surface area contributed by atoms with E-state index in [9.17, 15) is 0 Å². The highest BCUT2D eigenvalue weighted by Gasteiger charge is 2.21. The number of hydrogen-bond acceptors (Lipinski definition) is 2. The Morgan fingerprint density at radius 2 is 1.61 bits per heavy atom. The molecule has 1 fully saturated rings. The second kappa shape index (κ2) is 10.3. The first-order chi connectivity index (χ1) is 15.1. The highest BCUT2D eigenvalue weighted by atomic mass is 32.1. The van der Waals surface area contributed by atoms with E-state index in [1.807, 2.05) is 12.1 Å². The Balaban J connectivity index is 1.59. The van der Waals surface area contributed by atoms with Crippen molar-refractivity contribution in [2.75, 3.05) is 0 Å². The number of halogens is 1. The summed E-state index contributed by atoms with van der Waals surface area (Å²) in [5.74, 6) is 1.20. The van der Waals surface area contributed by atoms with Crippen molar-refractivity contribution < 1.29 is 8.81 Å². The Morgan fingerprint density at radius 3 is 2.39 bits per heavy atom. The third-order valence-electron chi connectivity index (χ3n) is 7.21. The fraction of sp³-hybridized carbons (Fsp3) is 0.536. The van der Waals surface area contributed by atoms with Gasteiger partial charge in [-0.3, -0.25) is 0 Å². The standard InChI is InChI=1S/C28H35FOS/c1-3-4-5-6-7-8-9-21-14-17-24-23-16-15-22(20-12-10-19(2)11-13-20)18-25(23)28(31)30-27(24)26(21)29/h14-20H,3-13H2,1-2H3. The summed E-state index contributed by atoms with van der Waals surface area (Å²) >= 11 is 5.58. The summed E-state index contributed by atoms with van der Waals surface area (Å²) in [6.07, 6.45) is 13.0. The molecule has 0 radical (unpaired) electrons. The molecule has 3 aromatic rings. The normalized spacial score (nSPS) is 19.3. The lowest BCUT2D eigenvalue weighted by molar-refractivity contribution is 0.348. The van der Waals surface area contributed by atoms with Gasteiger partial charge in [0.1, 0.15) is 0 Å². The van der Waals surface area contributed by atoms with E-state index < -0.39 is 0 Å². The second-order valence-electron chi connectivity index (χ2n) is 9.58. The molecule has 0 spiro atoms. The van der Waals surface area contributed by atoms with E-state index >= 15 is 4.39 Å². The van der Waals surface area contributed by atoms with Gasteiger partial charge >= 0.3 is 0 Å². The molecule has 3 heteroatoms. The summed E-state index contributed by atoms with van der Waals surface area (Å²) < 4.78 is 21.6. The van der Waals surface area contributed by atoms with Crippen molar-refractivity contribution in [2.24, 2.45) is 5.92 Å². The van der Waals surface area contributed by atoms with Crippen LogP contribution in [0.5, 0.6) is 0 Å². The third-order valence-corrected chi connectivity index (χ3v) is 7.52. The minimum absolute atomic E-state index is 0.232. The molecule has 0 saturated heterocycles. The summed E-state index contributed by atoms with van der Waals surface area (Å²) in [6, 6.07) is 10.5. The van der Waals surface area contributed by atoms with Crippen LogP contribution in [0.15, 0.2) is 34.7 Å². The Bertz CT molecular complexity index is 1090. The van der Waals surface area contributed by atoms with Crippen LogP contribution in [0.3, 0.4) is 0 Å². The lowest BCUT2D eigenvalue weighted by Gasteiger charge is -2.26. The Morgan fingerprint density at radius 1 is 0.903 bits per heavy atom. The SMILES string of the molecule is CCCCCCCCc1ccc2c(oc(=S)c3cc(C4CCC(C)CC4)ccc32)c1F. The number of fused-ring (bicyclic) bond motifs is 3. The zero-order valence-corrected chi connectivity index (χ0v) is 19.8. The molecule has 1 saturated carbocycles. The molecule has 166 valence electrons. The number of rotatable bonds is 8. The molecule has 0 aliphatic heterocycles. The maximum Gasteiger partial charge on any atom is 0.198 e. The molecule has 0 unspecified atom stereocenters. The maximum absolute atomic E-state index is 15.3. The van der Waals surface area contributed by atoms with Crippen LogP contribution in [0.4, 0.5) is 4.39 Å². The number of unbranched alkanes of at least 4 members (excludes halogenated alkanes) is 5. The minimum atomic E-state index is -0.232. The van der Waals surface area contributed by atoms with E-state index in [2.05, 4.69) is 32.0 Å². The highest BCUT2D eigenvalue weighted by Crippen LogP contribution is 2.38. The molecular weight excluding hydrogens is 403 g/mol. The maximum atomic E-state index is 15.3. The van der Waals surface area contributed by atoms with Crippen LogP contribution in [-0.2, 0) is 6.42 Å². The molecule has 1 aliphatic rings. The van der Waals surface area contributed by atoms with Crippen LogP contribution >= 0.6 is 12.2 Å². The molecule has 1 nitrogen and oxygen atoms in total. The summed E-state index contributed by atoms with van der Waals surface area (Å²) in [4.78, 5) is 0. The smallest absolute Gasteiger partial charge is 0.198 e. The van der Waals surface area contributed by atoms with Gasteiger partial charge in [0.15, 0.2) is 16.1 Å². The molecule has 0 N–H and O–H groups in total. The van der Waals surface area contributed by atoms with E-state index in [4.69, 9.17) is 16.6 Å². The lowest BCUT2D eigenvalue weighted by Crippen LogP contribution is -2.10. The summed E-state index contributed by atoms with van der Waals surface area (Å²) in [7, 11) is 0. The van der Waals surface area contributed by atoms with E-state index in [0.29, 0.717) is 16.2 Å². The van der Waals surface area contributed by atoms with Crippen molar-refractivity contribution in [2.45, 2.75) is 90.4 Å². The van der Waals surface area contributed by atoms with Gasteiger partial charge in [-0.15, -0.1) is 0 Å². The number of benzene rings is 2. The fourth-order valence-corrected chi connectivity index (χ4v) is 5.41.